The predicted molar refractivity (Wildman–Crippen MR) is 93.5 cm³/mol. The largest absolute Gasteiger partial charge is 0.497 e. The number of carbonyl (C=O) groups excluding carboxylic acids is 1. The molecule has 1 amide bonds. The zero-order chi connectivity index (χ0) is 16.1. The number of amides is 1. The van der Waals surface area contributed by atoms with E-state index in [1.165, 1.54) is 19.3 Å². The number of carbonyl (C=O) groups is 1. The molecule has 120 valence electrons. The van der Waals surface area contributed by atoms with Crippen molar-refractivity contribution in [2.45, 2.75) is 19.3 Å². The van der Waals surface area contributed by atoms with Crippen LogP contribution in [-0.2, 0) is 0 Å². The third kappa shape index (κ3) is 3.65. The maximum atomic E-state index is 12.5. The van der Waals surface area contributed by atoms with Gasteiger partial charge in [-0.25, -0.2) is 0 Å². The lowest BCUT2D eigenvalue weighted by molar-refractivity contribution is 0.102. The molecule has 0 radical (unpaired) electrons. The van der Waals surface area contributed by atoms with E-state index < -0.39 is 0 Å². The Morgan fingerprint density at radius 2 is 1.70 bits per heavy atom. The molecule has 2 aromatic carbocycles. The first-order valence-electron chi connectivity index (χ1n) is 8.07. The second kappa shape index (κ2) is 7.18. The van der Waals surface area contributed by atoms with Crippen LogP contribution in [-0.4, -0.2) is 26.1 Å². The van der Waals surface area contributed by atoms with Gasteiger partial charge in [0.2, 0.25) is 0 Å². The van der Waals surface area contributed by atoms with Gasteiger partial charge in [-0.15, -0.1) is 0 Å². The van der Waals surface area contributed by atoms with Crippen molar-refractivity contribution in [3.8, 4) is 5.75 Å². The third-order valence-corrected chi connectivity index (χ3v) is 4.20. The quantitative estimate of drug-likeness (QED) is 0.930. The lowest BCUT2D eigenvalue weighted by Gasteiger charge is -2.30. The Kier molecular flexibility index (Phi) is 4.81. The molecule has 2 aromatic rings. The summed E-state index contributed by atoms with van der Waals surface area (Å²) in [6.45, 7) is 2.10. The Bertz CT molecular complexity index is 661. The summed E-state index contributed by atoms with van der Waals surface area (Å²) in [5.74, 6) is 0.646. The van der Waals surface area contributed by atoms with Gasteiger partial charge in [-0.3, -0.25) is 4.79 Å². The summed E-state index contributed by atoms with van der Waals surface area (Å²) in [5, 5.41) is 3.04. The van der Waals surface area contributed by atoms with E-state index in [2.05, 4.69) is 16.3 Å². The fourth-order valence-electron chi connectivity index (χ4n) is 2.93. The van der Waals surface area contributed by atoms with Crippen LogP contribution in [0.5, 0.6) is 5.75 Å². The van der Waals surface area contributed by atoms with Gasteiger partial charge in [-0.2, -0.15) is 0 Å². The van der Waals surface area contributed by atoms with Crippen molar-refractivity contribution in [1.29, 1.82) is 0 Å². The summed E-state index contributed by atoms with van der Waals surface area (Å²) in [7, 11) is 1.62. The molecule has 23 heavy (non-hydrogen) atoms. The van der Waals surface area contributed by atoms with Gasteiger partial charge in [0, 0.05) is 18.7 Å². The highest BCUT2D eigenvalue weighted by molar-refractivity contribution is 6.06. The topological polar surface area (TPSA) is 41.6 Å². The second-order valence-electron chi connectivity index (χ2n) is 5.75. The molecule has 1 N–H and O–H groups in total. The maximum absolute atomic E-state index is 12.5. The highest BCUT2D eigenvalue weighted by Crippen LogP contribution is 2.28. The van der Waals surface area contributed by atoms with E-state index in [1.807, 2.05) is 18.2 Å². The van der Waals surface area contributed by atoms with E-state index in [0.717, 1.165) is 30.2 Å². The van der Waals surface area contributed by atoms with Crippen LogP contribution in [0.2, 0.25) is 0 Å². The molecule has 1 saturated heterocycles. The van der Waals surface area contributed by atoms with E-state index in [9.17, 15) is 4.79 Å². The summed E-state index contributed by atoms with van der Waals surface area (Å²) in [5.41, 5.74) is 2.60. The summed E-state index contributed by atoms with van der Waals surface area (Å²) in [4.78, 5) is 14.8. The van der Waals surface area contributed by atoms with Crippen molar-refractivity contribution in [3.05, 3.63) is 54.1 Å². The smallest absolute Gasteiger partial charge is 0.255 e. The Morgan fingerprint density at radius 3 is 2.39 bits per heavy atom. The molecule has 0 aromatic heterocycles. The molecule has 4 nitrogen and oxygen atoms in total. The van der Waals surface area contributed by atoms with Gasteiger partial charge in [0.05, 0.1) is 18.5 Å². The fraction of sp³-hybridized carbons (Fsp3) is 0.316. The van der Waals surface area contributed by atoms with Gasteiger partial charge in [0.1, 0.15) is 5.75 Å². The van der Waals surface area contributed by atoms with Gasteiger partial charge in [-0.1, -0.05) is 12.1 Å². The normalized spacial score (nSPS) is 14.4. The maximum Gasteiger partial charge on any atom is 0.255 e. The number of nitrogens with zero attached hydrogens (tertiary/aromatic N) is 1. The molecule has 1 aliphatic rings. The van der Waals surface area contributed by atoms with Gasteiger partial charge in [0.15, 0.2) is 0 Å². The number of methoxy groups -OCH3 is 1. The average molecular weight is 310 g/mol. The number of hydrogen-bond acceptors (Lipinski definition) is 3. The Hall–Kier alpha value is -2.49. The fourth-order valence-corrected chi connectivity index (χ4v) is 2.93. The van der Waals surface area contributed by atoms with Crippen molar-refractivity contribution in [2.24, 2.45) is 0 Å². The summed E-state index contributed by atoms with van der Waals surface area (Å²) >= 11 is 0. The molecule has 1 heterocycles. The molecule has 0 aliphatic carbocycles. The molecular formula is C19H22N2O2. The minimum Gasteiger partial charge on any atom is -0.497 e. The van der Waals surface area contributed by atoms with Crippen LogP contribution in [0.4, 0.5) is 11.4 Å². The van der Waals surface area contributed by atoms with Gasteiger partial charge in [-0.05, 0) is 55.7 Å². The van der Waals surface area contributed by atoms with Gasteiger partial charge in [0.25, 0.3) is 5.91 Å². The number of hydrogen-bond donors (Lipinski definition) is 1. The highest BCUT2D eigenvalue weighted by Gasteiger charge is 2.16. The zero-order valence-corrected chi connectivity index (χ0v) is 13.4. The standard InChI is InChI=1S/C19H22N2O2/c1-23-16-11-9-15(10-12-16)19(22)20-17-7-3-4-8-18(17)21-13-5-2-6-14-21/h3-4,7-12H,2,5-6,13-14H2,1H3,(H,20,22). The van der Waals surface area contributed by atoms with E-state index in [1.54, 1.807) is 31.4 Å². The lowest BCUT2D eigenvalue weighted by atomic mass is 10.1. The number of nitrogens with one attached hydrogen (secondary N) is 1. The molecule has 0 atom stereocenters. The first-order valence-corrected chi connectivity index (χ1v) is 8.07. The van der Waals surface area contributed by atoms with Crippen molar-refractivity contribution < 1.29 is 9.53 Å². The van der Waals surface area contributed by atoms with Crippen molar-refractivity contribution in [3.63, 3.8) is 0 Å². The first kappa shape index (κ1) is 15.4. The SMILES string of the molecule is COc1ccc(C(=O)Nc2ccccc2N2CCCCC2)cc1. The first-order chi connectivity index (χ1) is 11.3. The number of benzene rings is 2. The zero-order valence-electron chi connectivity index (χ0n) is 13.4. The van der Waals surface area contributed by atoms with Crippen molar-refractivity contribution in [2.75, 3.05) is 30.4 Å². The summed E-state index contributed by atoms with van der Waals surface area (Å²) < 4.78 is 5.13. The Balaban J connectivity index is 1.77. The van der Waals surface area contributed by atoms with E-state index >= 15 is 0 Å². The molecule has 1 aliphatic heterocycles. The van der Waals surface area contributed by atoms with E-state index in [-0.39, 0.29) is 5.91 Å². The van der Waals surface area contributed by atoms with E-state index in [0.29, 0.717) is 5.56 Å². The minimum atomic E-state index is -0.0999. The average Bonchev–Trinajstić information content (AvgIpc) is 2.63. The minimum absolute atomic E-state index is 0.0999. The molecule has 3 rings (SSSR count). The van der Waals surface area contributed by atoms with E-state index in [4.69, 9.17) is 4.74 Å². The van der Waals surface area contributed by atoms with Crippen molar-refractivity contribution in [1.82, 2.24) is 0 Å². The second-order valence-corrected chi connectivity index (χ2v) is 5.75. The molecule has 0 saturated carbocycles. The Labute approximate surface area is 137 Å². The van der Waals surface area contributed by atoms with Crippen LogP contribution >= 0.6 is 0 Å². The molecule has 0 unspecified atom stereocenters. The highest BCUT2D eigenvalue weighted by atomic mass is 16.5. The Morgan fingerprint density at radius 1 is 1.00 bits per heavy atom. The van der Waals surface area contributed by atoms with Crippen LogP contribution < -0.4 is 15.0 Å². The molecule has 1 fully saturated rings. The van der Waals surface area contributed by atoms with Gasteiger partial charge >= 0.3 is 0 Å². The van der Waals surface area contributed by atoms with Gasteiger partial charge < -0.3 is 15.0 Å². The summed E-state index contributed by atoms with van der Waals surface area (Å²) in [6, 6.07) is 15.2. The van der Waals surface area contributed by atoms with Crippen LogP contribution in [0.25, 0.3) is 0 Å². The van der Waals surface area contributed by atoms with Crippen LogP contribution in [0, 0.1) is 0 Å². The number of anilines is 2. The lowest BCUT2D eigenvalue weighted by Crippen LogP contribution is -2.30. The van der Waals surface area contributed by atoms with Crippen molar-refractivity contribution >= 4 is 17.3 Å². The van der Waals surface area contributed by atoms with Crippen LogP contribution in [0.1, 0.15) is 29.6 Å². The number of para-hydroxylation sites is 2. The molecule has 0 spiro atoms. The number of ether oxygens (including phenoxy) is 1. The summed E-state index contributed by atoms with van der Waals surface area (Å²) in [6.07, 6.45) is 3.71. The molecule has 0 bridgehead atoms. The monoisotopic (exact) mass is 310 g/mol. The van der Waals surface area contributed by atoms with Crippen LogP contribution in [0.3, 0.4) is 0 Å². The number of rotatable bonds is 4. The molecular weight excluding hydrogens is 288 g/mol. The molecule has 4 heteroatoms. The van der Waals surface area contributed by atoms with Crippen LogP contribution in [0.15, 0.2) is 48.5 Å². The third-order valence-electron chi connectivity index (χ3n) is 4.20. The predicted octanol–water partition coefficient (Wildman–Crippen LogP) is 3.94. The number of piperidine rings is 1.